The lowest BCUT2D eigenvalue weighted by atomic mass is 10.1. The third-order valence-electron chi connectivity index (χ3n) is 3.25. The minimum absolute atomic E-state index is 0.798. The van der Waals surface area contributed by atoms with Crippen molar-refractivity contribution in [2.45, 2.75) is 13.5 Å². The van der Waals surface area contributed by atoms with Gasteiger partial charge in [-0.3, -0.25) is 4.98 Å². The lowest BCUT2D eigenvalue weighted by molar-refractivity contribution is 1.15. The van der Waals surface area contributed by atoms with Gasteiger partial charge in [0.15, 0.2) is 0 Å². The standard InChI is InChI=1S/C17H15BrN2/c1-12-6-8-14-10-13(7-9-16(14)20-12)11-19-17-5-3-2-4-15(17)18/h2-10,19H,11H2,1H3. The Bertz CT molecular complexity index is 753. The van der Waals surface area contributed by atoms with Crippen LogP contribution in [0.1, 0.15) is 11.3 Å². The van der Waals surface area contributed by atoms with Gasteiger partial charge < -0.3 is 5.32 Å². The van der Waals surface area contributed by atoms with Gasteiger partial charge in [0.2, 0.25) is 0 Å². The molecule has 0 unspecified atom stereocenters. The van der Waals surface area contributed by atoms with Crippen LogP contribution in [-0.2, 0) is 6.54 Å². The van der Waals surface area contributed by atoms with Crippen LogP contribution in [0.3, 0.4) is 0 Å². The number of para-hydroxylation sites is 1. The lowest BCUT2D eigenvalue weighted by Gasteiger charge is -2.09. The van der Waals surface area contributed by atoms with Crippen molar-refractivity contribution in [1.82, 2.24) is 4.98 Å². The third-order valence-corrected chi connectivity index (χ3v) is 3.94. The van der Waals surface area contributed by atoms with Crippen LogP contribution in [0.5, 0.6) is 0 Å². The van der Waals surface area contributed by atoms with Crippen molar-refractivity contribution in [1.29, 1.82) is 0 Å². The number of aromatic nitrogens is 1. The van der Waals surface area contributed by atoms with Crippen molar-refractivity contribution in [3.8, 4) is 0 Å². The second-order valence-electron chi connectivity index (χ2n) is 4.81. The van der Waals surface area contributed by atoms with Crippen LogP contribution < -0.4 is 5.32 Å². The molecule has 3 heteroatoms. The first-order chi connectivity index (χ1) is 9.72. The molecule has 20 heavy (non-hydrogen) atoms. The molecule has 100 valence electrons. The van der Waals surface area contributed by atoms with Crippen molar-refractivity contribution < 1.29 is 0 Å². The van der Waals surface area contributed by atoms with E-state index in [2.05, 4.69) is 56.6 Å². The average molecular weight is 327 g/mol. The number of rotatable bonds is 3. The molecule has 1 heterocycles. The highest BCUT2D eigenvalue weighted by Gasteiger charge is 2.00. The summed E-state index contributed by atoms with van der Waals surface area (Å²) in [5.41, 5.74) is 4.46. The van der Waals surface area contributed by atoms with Crippen molar-refractivity contribution in [3.63, 3.8) is 0 Å². The van der Waals surface area contributed by atoms with E-state index in [1.807, 2.05) is 31.2 Å². The maximum atomic E-state index is 4.52. The fraction of sp³-hybridized carbons (Fsp3) is 0.118. The minimum atomic E-state index is 0.798. The molecule has 2 aromatic carbocycles. The van der Waals surface area contributed by atoms with E-state index < -0.39 is 0 Å². The predicted molar refractivity (Wildman–Crippen MR) is 87.9 cm³/mol. The number of hydrogen-bond acceptors (Lipinski definition) is 2. The van der Waals surface area contributed by atoms with Gasteiger partial charge in [0.05, 0.1) is 5.52 Å². The maximum Gasteiger partial charge on any atom is 0.0705 e. The van der Waals surface area contributed by atoms with E-state index in [-0.39, 0.29) is 0 Å². The van der Waals surface area contributed by atoms with Crippen LogP contribution in [0, 0.1) is 6.92 Å². The Balaban J connectivity index is 1.81. The van der Waals surface area contributed by atoms with E-state index in [1.54, 1.807) is 0 Å². The van der Waals surface area contributed by atoms with Gasteiger partial charge in [-0.25, -0.2) is 0 Å². The van der Waals surface area contributed by atoms with Gasteiger partial charge in [0.1, 0.15) is 0 Å². The van der Waals surface area contributed by atoms with Gasteiger partial charge in [0.25, 0.3) is 0 Å². The molecule has 1 N–H and O–H groups in total. The summed E-state index contributed by atoms with van der Waals surface area (Å²) in [6.07, 6.45) is 0. The summed E-state index contributed by atoms with van der Waals surface area (Å²) in [5.74, 6) is 0. The first kappa shape index (κ1) is 13.1. The Morgan fingerprint density at radius 1 is 1.05 bits per heavy atom. The Hall–Kier alpha value is -1.87. The molecule has 0 aliphatic rings. The lowest BCUT2D eigenvalue weighted by Crippen LogP contribution is -2.00. The summed E-state index contributed by atoms with van der Waals surface area (Å²) in [5, 5.41) is 4.62. The molecular formula is C17H15BrN2. The van der Waals surface area contributed by atoms with Crippen LogP contribution in [-0.4, -0.2) is 4.98 Å². The SMILES string of the molecule is Cc1ccc2cc(CNc3ccccc3Br)ccc2n1. The molecule has 3 aromatic rings. The highest BCUT2D eigenvalue weighted by molar-refractivity contribution is 9.10. The molecule has 0 radical (unpaired) electrons. The topological polar surface area (TPSA) is 24.9 Å². The van der Waals surface area contributed by atoms with Crippen LogP contribution in [0.4, 0.5) is 5.69 Å². The first-order valence-corrected chi connectivity index (χ1v) is 7.36. The Labute approximate surface area is 127 Å². The summed E-state index contributed by atoms with van der Waals surface area (Å²) in [7, 11) is 0. The van der Waals surface area contributed by atoms with E-state index in [0.717, 1.165) is 27.9 Å². The second kappa shape index (κ2) is 5.63. The largest absolute Gasteiger partial charge is 0.380 e. The normalized spacial score (nSPS) is 10.7. The molecule has 0 amide bonds. The van der Waals surface area contributed by atoms with Crippen LogP contribution in [0.2, 0.25) is 0 Å². The number of nitrogens with one attached hydrogen (secondary N) is 1. The molecule has 3 rings (SSSR count). The number of hydrogen-bond donors (Lipinski definition) is 1. The number of halogens is 1. The van der Waals surface area contributed by atoms with Gasteiger partial charge in [-0.05, 0) is 58.7 Å². The number of pyridine rings is 1. The zero-order valence-corrected chi connectivity index (χ0v) is 12.8. The molecule has 0 aliphatic carbocycles. The number of aryl methyl sites for hydroxylation is 1. The first-order valence-electron chi connectivity index (χ1n) is 6.57. The van der Waals surface area contributed by atoms with Gasteiger partial charge in [-0.2, -0.15) is 0 Å². The molecule has 0 fully saturated rings. The van der Waals surface area contributed by atoms with Gasteiger partial charge in [-0.15, -0.1) is 0 Å². The average Bonchev–Trinajstić information content (AvgIpc) is 2.46. The van der Waals surface area contributed by atoms with Crippen molar-refractivity contribution >= 4 is 32.5 Å². The molecule has 0 saturated carbocycles. The summed E-state index contributed by atoms with van der Waals surface area (Å²) in [4.78, 5) is 4.52. The van der Waals surface area contributed by atoms with Gasteiger partial charge in [-0.1, -0.05) is 24.3 Å². The number of benzene rings is 2. The Morgan fingerprint density at radius 2 is 1.90 bits per heavy atom. The van der Waals surface area contributed by atoms with Crippen molar-refractivity contribution in [2.75, 3.05) is 5.32 Å². The second-order valence-corrected chi connectivity index (χ2v) is 5.67. The zero-order valence-electron chi connectivity index (χ0n) is 11.2. The maximum absolute atomic E-state index is 4.52. The summed E-state index contributed by atoms with van der Waals surface area (Å²) in [6, 6.07) is 18.7. The predicted octanol–water partition coefficient (Wildman–Crippen LogP) is 4.92. The monoisotopic (exact) mass is 326 g/mol. The van der Waals surface area contributed by atoms with E-state index >= 15 is 0 Å². The Morgan fingerprint density at radius 3 is 2.75 bits per heavy atom. The van der Waals surface area contributed by atoms with Gasteiger partial charge in [0, 0.05) is 27.8 Å². The molecular weight excluding hydrogens is 312 g/mol. The van der Waals surface area contributed by atoms with Crippen LogP contribution in [0.15, 0.2) is 59.1 Å². The highest BCUT2D eigenvalue weighted by atomic mass is 79.9. The van der Waals surface area contributed by atoms with E-state index in [4.69, 9.17) is 0 Å². The fourth-order valence-electron chi connectivity index (χ4n) is 2.19. The van der Waals surface area contributed by atoms with E-state index in [9.17, 15) is 0 Å². The highest BCUT2D eigenvalue weighted by Crippen LogP contribution is 2.22. The summed E-state index contributed by atoms with van der Waals surface area (Å²) in [6.45, 7) is 2.81. The van der Waals surface area contributed by atoms with Crippen molar-refractivity contribution in [3.05, 3.63) is 70.3 Å². The smallest absolute Gasteiger partial charge is 0.0705 e. The molecule has 0 bridgehead atoms. The molecule has 0 saturated heterocycles. The Kier molecular flexibility index (Phi) is 3.70. The zero-order chi connectivity index (χ0) is 13.9. The summed E-state index contributed by atoms with van der Waals surface area (Å²) >= 11 is 3.55. The van der Waals surface area contributed by atoms with Gasteiger partial charge >= 0.3 is 0 Å². The summed E-state index contributed by atoms with van der Waals surface area (Å²) < 4.78 is 1.08. The number of anilines is 1. The minimum Gasteiger partial charge on any atom is -0.380 e. The molecule has 0 atom stereocenters. The molecule has 0 spiro atoms. The van der Waals surface area contributed by atoms with E-state index in [1.165, 1.54) is 10.9 Å². The number of fused-ring (bicyclic) bond motifs is 1. The van der Waals surface area contributed by atoms with Crippen LogP contribution in [0.25, 0.3) is 10.9 Å². The molecule has 1 aromatic heterocycles. The molecule has 2 nitrogen and oxygen atoms in total. The van der Waals surface area contributed by atoms with Crippen molar-refractivity contribution in [2.24, 2.45) is 0 Å². The third kappa shape index (κ3) is 2.83. The van der Waals surface area contributed by atoms with E-state index in [0.29, 0.717) is 0 Å². The van der Waals surface area contributed by atoms with Crippen LogP contribution >= 0.6 is 15.9 Å². The quantitative estimate of drug-likeness (QED) is 0.739. The molecule has 0 aliphatic heterocycles. The number of nitrogens with zero attached hydrogens (tertiary/aromatic N) is 1. The fourth-order valence-corrected chi connectivity index (χ4v) is 2.61.